The molecule has 0 bridgehead atoms. The summed E-state index contributed by atoms with van der Waals surface area (Å²) in [7, 11) is 1.65. The Labute approximate surface area is 249 Å². The van der Waals surface area contributed by atoms with Crippen LogP contribution < -0.4 is 5.32 Å². The molecular formula is C35H69NO4. The highest BCUT2D eigenvalue weighted by molar-refractivity contribution is 5.71. The second-order valence-corrected chi connectivity index (χ2v) is 12.1. The van der Waals surface area contributed by atoms with Crippen LogP contribution in [0.4, 0.5) is 0 Å². The second-order valence-electron chi connectivity index (χ2n) is 12.1. The maximum atomic E-state index is 12.3. The fourth-order valence-corrected chi connectivity index (χ4v) is 5.23. The largest absolute Gasteiger partial charge is 0.409 e. The van der Waals surface area contributed by atoms with Crippen molar-refractivity contribution in [1.29, 1.82) is 0 Å². The number of ether oxygens (including phenoxy) is 2. The van der Waals surface area contributed by atoms with Crippen molar-refractivity contribution in [3.05, 3.63) is 0 Å². The molecule has 0 saturated carbocycles. The second kappa shape index (κ2) is 29.4. The Morgan fingerprint density at radius 3 is 0.900 bits per heavy atom. The summed E-state index contributed by atoms with van der Waals surface area (Å²) in [5.41, 5.74) is 0. The van der Waals surface area contributed by atoms with Gasteiger partial charge in [-0.3, -0.25) is 9.59 Å². The van der Waals surface area contributed by atoms with Crippen molar-refractivity contribution in [3.63, 3.8) is 0 Å². The summed E-state index contributed by atoms with van der Waals surface area (Å²) in [6.07, 6.45) is 33.8. The first kappa shape index (κ1) is 38.9. The monoisotopic (exact) mass is 568 g/mol. The van der Waals surface area contributed by atoms with Crippen molar-refractivity contribution in [2.75, 3.05) is 7.05 Å². The van der Waals surface area contributed by atoms with Gasteiger partial charge in [-0.2, -0.15) is 0 Å². The predicted molar refractivity (Wildman–Crippen MR) is 170 cm³/mol. The van der Waals surface area contributed by atoms with Crippen LogP contribution in [0.25, 0.3) is 0 Å². The van der Waals surface area contributed by atoms with Crippen LogP contribution in [0.3, 0.4) is 0 Å². The van der Waals surface area contributed by atoms with Crippen LogP contribution in [0.1, 0.15) is 201 Å². The van der Waals surface area contributed by atoms with Gasteiger partial charge in [0, 0.05) is 19.8 Å². The number of nitrogens with one attached hydrogen (secondary N) is 1. The van der Waals surface area contributed by atoms with Gasteiger partial charge in [0.25, 0.3) is 0 Å². The van der Waals surface area contributed by atoms with Crippen molar-refractivity contribution in [3.8, 4) is 0 Å². The average molecular weight is 568 g/mol. The highest BCUT2D eigenvalue weighted by Gasteiger charge is 2.31. The van der Waals surface area contributed by atoms with Gasteiger partial charge in [-0.05, 0) is 19.9 Å². The molecule has 5 heteroatoms. The standard InChI is InChI=1S/C35H69NO4/c1-5-7-9-11-13-15-17-19-21-23-25-27-29-31-33(37)39-35(3,36-4)40-34(38)32-30-28-26-24-22-20-18-16-14-12-10-8-6-2/h36H,5-32H2,1-4H3. The third-order valence-corrected chi connectivity index (χ3v) is 8.04. The van der Waals surface area contributed by atoms with Crippen LogP contribution >= 0.6 is 0 Å². The van der Waals surface area contributed by atoms with E-state index in [1.165, 1.54) is 141 Å². The molecular weight excluding hydrogens is 498 g/mol. The van der Waals surface area contributed by atoms with Crippen molar-refractivity contribution >= 4 is 11.9 Å². The van der Waals surface area contributed by atoms with E-state index < -0.39 is 5.91 Å². The zero-order valence-electron chi connectivity index (χ0n) is 27.4. The van der Waals surface area contributed by atoms with E-state index in [0.717, 1.165) is 25.7 Å². The van der Waals surface area contributed by atoms with Crippen molar-refractivity contribution in [1.82, 2.24) is 5.32 Å². The van der Waals surface area contributed by atoms with Gasteiger partial charge in [-0.25, -0.2) is 5.32 Å². The number of rotatable bonds is 31. The molecule has 1 N–H and O–H groups in total. The third-order valence-electron chi connectivity index (χ3n) is 8.04. The molecule has 0 spiro atoms. The normalized spacial score (nSPS) is 11.6. The van der Waals surface area contributed by atoms with Crippen molar-refractivity contribution in [2.45, 2.75) is 206 Å². The highest BCUT2D eigenvalue weighted by atomic mass is 16.7. The van der Waals surface area contributed by atoms with Gasteiger partial charge in [0.05, 0.1) is 0 Å². The van der Waals surface area contributed by atoms with Gasteiger partial charge >= 0.3 is 17.8 Å². The molecule has 0 aliphatic rings. The van der Waals surface area contributed by atoms with Gasteiger partial charge in [0.1, 0.15) is 0 Å². The SMILES string of the molecule is CCCCCCCCCCCCCCCC(=O)OC(C)(NC)OC(=O)CCCCCCCCCCCCCCC. The maximum absolute atomic E-state index is 12.3. The maximum Gasteiger partial charge on any atom is 0.315 e. The summed E-state index contributed by atoms with van der Waals surface area (Å²) >= 11 is 0. The number of hydrogen-bond acceptors (Lipinski definition) is 5. The molecule has 40 heavy (non-hydrogen) atoms. The molecule has 0 heterocycles. The lowest BCUT2D eigenvalue weighted by Crippen LogP contribution is -2.48. The Balaban J connectivity index is 3.69. The van der Waals surface area contributed by atoms with E-state index in [0.29, 0.717) is 12.8 Å². The molecule has 0 aliphatic carbocycles. The van der Waals surface area contributed by atoms with E-state index in [-0.39, 0.29) is 11.9 Å². The summed E-state index contributed by atoms with van der Waals surface area (Å²) in [6.45, 7) is 6.14. The van der Waals surface area contributed by atoms with E-state index in [4.69, 9.17) is 9.47 Å². The molecule has 0 aromatic carbocycles. The number of hydrogen-bond donors (Lipinski definition) is 1. The number of esters is 2. The van der Waals surface area contributed by atoms with E-state index in [1.54, 1.807) is 14.0 Å². The summed E-state index contributed by atoms with van der Waals surface area (Å²) in [6, 6.07) is 0. The Kier molecular flexibility index (Phi) is 28.6. The lowest BCUT2D eigenvalue weighted by Gasteiger charge is -2.28. The van der Waals surface area contributed by atoms with Gasteiger partial charge < -0.3 is 9.47 Å². The molecule has 0 amide bonds. The van der Waals surface area contributed by atoms with Gasteiger partial charge in [0.2, 0.25) is 0 Å². The van der Waals surface area contributed by atoms with Crippen molar-refractivity contribution < 1.29 is 19.1 Å². The molecule has 0 radical (unpaired) electrons. The molecule has 0 rings (SSSR count). The lowest BCUT2D eigenvalue weighted by molar-refractivity contribution is -0.232. The summed E-state index contributed by atoms with van der Waals surface area (Å²) < 4.78 is 11.0. The summed E-state index contributed by atoms with van der Waals surface area (Å²) in [5, 5.41) is 2.85. The molecule has 0 saturated heterocycles. The third kappa shape index (κ3) is 27.1. The van der Waals surface area contributed by atoms with E-state index in [9.17, 15) is 9.59 Å². The minimum Gasteiger partial charge on any atom is -0.409 e. The molecule has 5 nitrogen and oxygen atoms in total. The Morgan fingerprint density at radius 2 is 0.675 bits per heavy atom. The van der Waals surface area contributed by atoms with Crippen LogP contribution in [0.15, 0.2) is 0 Å². The Morgan fingerprint density at radius 1 is 0.450 bits per heavy atom. The molecule has 0 aromatic rings. The lowest BCUT2D eigenvalue weighted by atomic mass is 10.0. The number of carbonyl (C=O) groups is 2. The van der Waals surface area contributed by atoms with Gasteiger partial charge in [0.15, 0.2) is 0 Å². The summed E-state index contributed by atoms with van der Waals surface area (Å²) in [4.78, 5) is 24.7. The fraction of sp³-hybridized carbons (Fsp3) is 0.943. The zero-order valence-corrected chi connectivity index (χ0v) is 27.4. The van der Waals surface area contributed by atoms with Crippen LogP contribution in [0, 0.1) is 0 Å². The quantitative estimate of drug-likeness (QED) is 0.0512. The van der Waals surface area contributed by atoms with Gasteiger partial charge in [-0.15, -0.1) is 0 Å². The average Bonchev–Trinajstić information content (AvgIpc) is 2.93. The first-order chi connectivity index (χ1) is 19.5. The molecule has 0 fully saturated rings. The minimum absolute atomic E-state index is 0.311. The van der Waals surface area contributed by atoms with E-state index in [2.05, 4.69) is 19.2 Å². The van der Waals surface area contributed by atoms with Crippen LogP contribution in [0.5, 0.6) is 0 Å². The topological polar surface area (TPSA) is 64.6 Å². The zero-order chi connectivity index (χ0) is 29.6. The molecule has 238 valence electrons. The smallest absolute Gasteiger partial charge is 0.315 e. The highest BCUT2D eigenvalue weighted by Crippen LogP contribution is 2.17. The molecule has 0 aliphatic heterocycles. The fourth-order valence-electron chi connectivity index (χ4n) is 5.23. The molecule has 0 aromatic heterocycles. The minimum atomic E-state index is -1.39. The number of unbranched alkanes of at least 4 members (excludes halogenated alkanes) is 24. The van der Waals surface area contributed by atoms with Gasteiger partial charge in [-0.1, -0.05) is 168 Å². The molecule has 0 unspecified atom stereocenters. The van der Waals surface area contributed by atoms with Crippen LogP contribution in [0.2, 0.25) is 0 Å². The van der Waals surface area contributed by atoms with Crippen molar-refractivity contribution in [2.24, 2.45) is 0 Å². The van der Waals surface area contributed by atoms with Crippen LogP contribution in [-0.4, -0.2) is 24.9 Å². The van der Waals surface area contributed by atoms with Crippen LogP contribution in [-0.2, 0) is 19.1 Å². The number of carbonyl (C=O) groups excluding carboxylic acids is 2. The van der Waals surface area contributed by atoms with E-state index in [1.807, 2.05) is 0 Å². The first-order valence-electron chi connectivity index (χ1n) is 17.6. The van der Waals surface area contributed by atoms with E-state index >= 15 is 0 Å². The predicted octanol–water partition coefficient (Wildman–Crippen LogP) is 10.9. The first-order valence-corrected chi connectivity index (χ1v) is 17.6. The Bertz CT molecular complexity index is 522. The molecule has 0 atom stereocenters. The summed E-state index contributed by atoms with van der Waals surface area (Å²) in [5.74, 6) is -2.01. The Hall–Kier alpha value is -1.10.